The first-order valence-corrected chi connectivity index (χ1v) is 6.93. The molecule has 90 valence electrons. The minimum absolute atomic E-state index is 0.401. The van der Waals surface area contributed by atoms with Crippen molar-refractivity contribution in [1.82, 2.24) is 0 Å². The normalized spacial score (nSPS) is 51.8. The third kappa shape index (κ3) is 1.33. The Labute approximate surface area is 99.3 Å². The van der Waals surface area contributed by atoms with Crippen LogP contribution in [0.3, 0.4) is 0 Å². The van der Waals surface area contributed by atoms with Gasteiger partial charge in [-0.3, -0.25) is 0 Å². The number of allylic oxidation sites excluding steroid dienone is 1. The van der Waals surface area contributed by atoms with Gasteiger partial charge in [0.2, 0.25) is 0 Å². The summed E-state index contributed by atoms with van der Waals surface area (Å²) in [5.74, 6) is 2.43. The highest BCUT2D eigenvalue weighted by molar-refractivity contribution is 5.21. The van der Waals surface area contributed by atoms with Crippen LogP contribution in [0.5, 0.6) is 0 Å². The Morgan fingerprint density at radius 2 is 2.12 bits per heavy atom. The van der Waals surface area contributed by atoms with Crippen molar-refractivity contribution < 1.29 is 4.74 Å². The Balaban J connectivity index is 1.96. The average molecular weight is 220 g/mol. The molecule has 0 aromatic rings. The Kier molecular flexibility index (Phi) is 2.43. The van der Waals surface area contributed by atoms with Crippen LogP contribution in [-0.4, -0.2) is 12.7 Å². The number of hydrogen-bond donors (Lipinski definition) is 0. The molecule has 3 rings (SSSR count). The SMILES string of the molecule is CC1=C[C@@]2(CC1)[C@@H](C)CC[C@@H]1[C@@H](C)CO[C@@H]12. The third-order valence-electron chi connectivity index (χ3n) is 5.51. The highest BCUT2D eigenvalue weighted by Crippen LogP contribution is 2.56. The van der Waals surface area contributed by atoms with Gasteiger partial charge >= 0.3 is 0 Å². The molecule has 2 aliphatic carbocycles. The molecule has 2 fully saturated rings. The largest absolute Gasteiger partial charge is 0.377 e. The summed E-state index contributed by atoms with van der Waals surface area (Å²) in [5, 5.41) is 0. The van der Waals surface area contributed by atoms with Crippen molar-refractivity contribution in [3.05, 3.63) is 11.6 Å². The predicted octanol–water partition coefficient (Wildman–Crippen LogP) is 3.79. The molecule has 1 heteroatoms. The lowest BCUT2D eigenvalue weighted by atomic mass is 9.60. The molecule has 1 saturated carbocycles. The van der Waals surface area contributed by atoms with Crippen molar-refractivity contribution in [2.45, 2.75) is 52.6 Å². The van der Waals surface area contributed by atoms with Gasteiger partial charge in [0.1, 0.15) is 0 Å². The molecule has 0 amide bonds. The smallest absolute Gasteiger partial charge is 0.0700 e. The van der Waals surface area contributed by atoms with E-state index >= 15 is 0 Å². The molecule has 0 aromatic heterocycles. The van der Waals surface area contributed by atoms with Crippen LogP contribution < -0.4 is 0 Å². The number of ether oxygens (including phenoxy) is 1. The second kappa shape index (κ2) is 3.60. The highest BCUT2D eigenvalue weighted by atomic mass is 16.5. The van der Waals surface area contributed by atoms with E-state index in [2.05, 4.69) is 26.8 Å². The van der Waals surface area contributed by atoms with Crippen LogP contribution in [0, 0.1) is 23.2 Å². The lowest BCUT2D eigenvalue weighted by Gasteiger charge is -2.46. The van der Waals surface area contributed by atoms with Gasteiger partial charge in [0.25, 0.3) is 0 Å². The molecule has 0 N–H and O–H groups in total. The van der Waals surface area contributed by atoms with E-state index in [-0.39, 0.29) is 0 Å². The van der Waals surface area contributed by atoms with E-state index in [1.807, 2.05) is 0 Å². The topological polar surface area (TPSA) is 9.23 Å². The molecule has 1 saturated heterocycles. The summed E-state index contributed by atoms with van der Waals surface area (Å²) in [6, 6.07) is 0. The van der Waals surface area contributed by atoms with Crippen LogP contribution in [0.25, 0.3) is 0 Å². The van der Waals surface area contributed by atoms with Crippen molar-refractivity contribution in [1.29, 1.82) is 0 Å². The first kappa shape index (κ1) is 10.8. The summed E-state index contributed by atoms with van der Waals surface area (Å²) in [5.41, 5.74) is 1.99. The zero-order valence-electron chi connectivity index (χ0n) is 10.8. The molecular formula is C15H24O. The van der Waals surface area contributed by atoms with Gasteiger partial charge in [0.05, 0.1) is 6.10 Å². The van der Waals surface area contributed by atoms with Gasteiger partial charge in [0, 0.05) is 12.0 Å². The van der Waals surface area contributed by atoms with Crippen LogP contribution in [-0.2, 0) is 4.74 Å². The fraction of sp³-hybridized carbons (Fsp3) is 0.867. The molecule has 1 aliphatic heterocycles. The fourth-order valence-electron chi connectivity index (χ4n) is 4.41. The van der Waals surface area contributed by atoms with Crippen molar-refractivity contribution in [3.63, 3.8) is 0 Å². The summed E-state index contributed by atoms with van der Waals surface area (Å²) in [6.45, 7) is 8.11. The minimum atomic E-state index is 0.401. The Bertz CT molecular complexity index is 319. The maximum Gasteiger partial charge on any atom is 0.0700 e. The monoisotopic (exact) mass is 220 g/mol. The molecule has 0 unspecified atom stereocenters. The summed E-state index contributed by atoms with van der Waals surface area (Å²) >= 11 is 0. The molecule has 5 atom stereocenters. The van der Waals surface area contributed by atoms with E-state index < -0.39 is 0 Å². The fourth-order valence-corrected chi connectivity index (χ4v) is 4.41. The van der Waals surface area contributed by atoms with Crippen molar-refractivity contribution >= 4 is 0 Å². The molecular weight excluding hydrogens is 196 g/mol. The summed E-state index contributed by atoms with van der Waals surface area (Å²) in [6.07, 6.45) is 8.54. The zero-order valence-corrected chi connectivity index (χ0v) is 10.8. The highest BCUT2D eigenvalue weighted by Gasteiger charge is 2.54. The van der Waals surface area contributed by atoms with Crippen LogP contribution in [0.4, 0.5) is 0 Å². The number of rotatable bonds is 0. The van der Waals surface area contributed by atoms with Gasteiger partial charge < -0.3 is 4.74 Å². The molecule has 0 radical (unpaired) electrons. The molecule has 1 nitrogen and oxygen atoms in total. The lowest BCUT2D eigenvalue weighted by molar-refractivity contribution is -0.0503. The first-order valence-electron chi connectivity index (χ1n) is 6.93. The number of hydrogen-bond acceptors (Lipinski definition) is 1. The van der Waals surface area contributed by atoms with Crippen molar-refractivity contribution in [2.75, 3.05) is 6.61 Å². The molecule has 3 aliphatic rings. The van der Waals surface area contributed by atoms with Gasteiger partial charge in [-0.1, -0.05) is 25.5 Å². The van der Waals surface area contributed by atoms with Crippen LogP contribution in [0.1, 0.15) is 46.5 Å². The van der Waals surface area contributed by atoms with Crippen molar-refractivity contribution in [3.8, 4) is 0 Å². The zero-order chi connectivity index (χ0) is 11.3. The first-order chi connectivity index (χ1) is 7.63. The summed E-state index contributed by atoms with van der Waals surface area (Å²) in [7, 11) is 0. The lowest BCUT2D eigenvalue weighted by Crippen LogP contribution is -2.45. The van der Waals surface area contributed by atoms with E-state index in [1.54, 1.807) is 5.57 Å². The summed E-state index contributed by atoms with van der Waals surface area (Å²) < 4.78 is 6.18. The standard InChI is InChI=1S/C15H24O/c1-10-6-7-15(8-10)12(3)4-5-13-11(2)9-16-14(13)15/h8,11-14H,4-7,9H2,1-3H3/t11-,12-,13+,14-,15-/m0/s1. The molecule has 0 aromatic carbocycles. The Morgan fingerprint density at radius 3 is 2.81 bits per heavy atom. The van der Waals surface area contributed by atoms with Gasteiger partial charge in [-0.2, -0.15) is 0 Å². The van der Waals surface area contributed by atoms with Crippen LogP contribution in [0.2, 0.25) is 0 Å². The molecule has 1 heterocycles. The third-order valence-corrected chi connectivity index (χ3v) is 5.51. The molecule has 16 heavy (non-hydrogen) atoms. The van der Waals surface area contributed by atoms with E-state index in [0.29, 0.717) is 11.5 Å². The molecule has 0 bridgehead atoms. The second-order valence-electron chi connectivity index (χ2n) is 6.48. The maximum absolute atomic E-state index is 6.18. The minimum Gasteiger partial charge on any atom is -0.377 e. The average Bonchev–Trinajstić information content (AvgIpc) is 2.80. The van der Waals surface area contributed by atoms with Gasteiger partial charge in [-0.05, 0) is 50.4 Å². The Hall–Kier alpha value is -0.300. The predicted molar refractivity (Wildman–Crippen MR) is 66.2 cm³/mol. The van der Waals surface area contributed by atoms with Crippen LogP contribution >= 0.6 is 0 Å². The second-order valence-corrected chi connectivity index (χ2v) is 6.48. The number of fused-ring (bicyclic) bond motifs is 2. The van der Waals surface area contributed by atoms with Gasteiger partial charge in [0.15, 0.2) is 0 Å². The Morgan fingerprint density at radius 1 is 1.31 bits per heavy atom. The van der Waals surface area contributed by atoms with E-state index in [1.165, 1.54) is 25.7 Å². The summed E-state index contributed by atoms with van der Waals surface area (Å²) in [4.78, 5) is 0. The van der Waals surface area contributed by atoms with E-state index in [9.17, 15) is 0 Å². The van der Waals surface area contributed by atoms with Crippen LogP contribution in [0.15, 0.2) is 11.6 Å². The molecule has 1 spiro atoms. The van der Waals surface area contributed by atoms with Crippen molar-refractivity contribution in [2.24, 2.45) is 23.2 Å². The van der Waals surface area contributed by atoms with E-state index in [4.69, 9.17) is 4.74 Å². The van der Waals surface area contributed by atoms with Gasteiger partial charge in [-0.15, -0.1) is 0 Å². The van der Waals surface area contributed by atoms with E-state index in [0.717, 1.165) is 24.4 Å². The quantitative estimate of drug-likeness (QED) is 0.564. The van der Waals surface area contributed by atoms with Gasteiger partial charge in [-0.25, -0.2) is 0 Å². The maximum atomic E-state index is 6.18.